The molecule has 126 valence electrons. The first-order chi connectivity index (χ1) is 11.0. The second-order valence-electron chi connectivity index (χ2n) is 5.96. The molecule has 1 N–H and O–H groups in total. The van der Waals surface area contributed by atoms with Gasteiger partial charge in [-0.15, -0.1) is 0 Å². The van der Waals surface area contributed by atoms with Crippen molar-refractivity contribution < 1.29 is 0 Å². The molecule has 1 aromatic carbocycles. The fourth-order valence-electron chi connectivity index (χ4n) is 2.90. The fourth-order valence-corrected chi connectivity index (χ4v) is 4.34. The fraction of sp³-hybridized carbons (Fsp3) is 0.562. The summed E-state index contributed by atoms with van der Waals surface area (Å²) in [5.74, 6) is 0. The highest BCUT2D eigenvalue weighted by Gasteiger charge is 2.28. The lowest BCUT2D eigenvalue weighted by molar-refractivity contribution is 0.223. The van der Waals surface area contributed by atoms with Crippen molar-refractivity contribution >= 4 is 45.8 Å². The smallest absolute Gasteiger partial charge is 0.181 e. The molecule has 7 heteroatoms. The number of likely N-dealkylation sites (tertiary alicyclic amines) is 1. The molecule has 0 aromatic heterocycles. The number of amidine groups is 1. The number of thioether (sulfide) groups is 1. The predicted octanol–water partition coefficient (Wildman–Crippen LogP) is 4.59. The third-order valence-corrected chi connectivity index (χ3v) is 6.03. The first-order valence-electron chi connectivity index (χ1n) is 8.04. The van der Waals surface area contributed by atoms with E-state index in [0.717, 1.165) is 10.9 Å². The van der Waals surface area contributed by atoms with Gasteiger partial charge >= 0.3 is 0 Å². The molecule has 2 unspecified atom stereocenters. The summed E-state index contributed by atoms with van der Waals surface area (Å²) < 4.78 is 0. The van der Waals surface area contributed by atoms with Gasteiger partial charge in [-0.1, -0.05) is 41.4 Å². The summed E-state index contributed by atoms with van der Waals surface area (Å²) in [5.41, 5.74) is 4.32. The first kappa shape index (κ1) is 17.4. The van der Waals surface area contributed by atoms with Gasteiger partial charge in [0.25, 0.3) is 0 Å². The van der Waals surface area contributed by atoms with E-state index in [1.165, 1.54) is 32.4 Å². The summed E-state index contributed by atoms with van der Waals surface area (Å²) in [6, 6.07) is 5.65. The van der Waals surface area contributed by atoms with Crippen LogP contribution < -0.4 is 10.4 Å². The number of hydrazine groups is 1. The third-order valence-electron chi connectivity index (χ3n) is 4.15. The minimum absolute atomic E-state index is 0.0560. The lowest BCUT2D eigenvalue weighted by Crippen LogP contribution is -2.41. The number of piperidine rings is 1. The van der Waals surface area contributed by atoms with Gasteiger partial charge < -0.3 is 0 Å². The Balaban J connectivity index is 1.73. The van der Waals surface area contributed by atoms with Crippen LogP contribution in [-0.4, -0.2) is 34.7 Å². The minimum Gasteiger partial charge on any atom is -0.291 e. The van der Waals surface area contributed by atoms with E-state index in [1.807, 2.05) is 30.1 Å². The van der Waals surface area contributed by atoms with Crippen LogP contribution in [0.15, 0.2) is 23.2 Å². The van der Waals surface area contributed by atoms with Crippen LogP contribution in [0.25, 0.3) is 0 Å². The number of nitrogens with one attached hydrogen (secondary N) is 1. The minimum atomic E-state index is 0.0560. The van der Waals surface area contributed by atoms with Gasteiger partial charge in [-0.3, -0.25) is 9.91 Å². The van der Waals surface area contributed by atoms with E-state index >= 15 is 0 Å². The van der Waals surface area contributed by atoms with E-state index in [4.69, 9.17) is 28.2 Å². The topological polar surface area (TPSA) is 30.9 Å². The van der Waals surface area contributed by atoms with E-state index in [2.05, 4.69) is 17.2 Å². The van der Waals surface area contributed by atoms with Crippen LogP contribution in [-0.2, 0) is 0 Å². The van der Waals surface area contributed by atoms with Crippen LogP contribution in [0.1, 0.15) is 33.1 Å². The monoisotopic (exact) mass is 372 g/mol. The average Bonchev–Trinajstić information content (AvgIpc) is 2.91. The standard InChI is InChI=1S/C16H22Cl2N4S/c1-11-19-16(23-12(2)21-8-4-3-5-9-21)22(20-11)13-6-7-14(17)15(18)10-13/h6-7,10-12,20H,3-5,8-9H2,1-2H3. The lowest BCUT2D eigenvalue weighted by Gasteiger charge is -2.32. The highest BCUT2D eigenvalue weighted by molar-refractivity contribution is 8.14. The van der Waals surface area contributed by atoms with Gasteiger partial charge in [-0.25, -0.2) is 10.4 Å². The molecule has 23 heavy (non-hydrogen) atoms. The van der Waals surface area contributed by atoms with E-state index in [9.17, 15) is 0 Å². The molecule has 4 nitrogen and oxygen atoms in total. The highest BCUT2D eigenvalue weighted by Crippen LogP contribution is 2.31. The zero-order valence-corrected chi connectivity index (χ0v) is 15.8. The van der Waals surface area contributed by atoms with E-state index in [1.54, 1.807) is 11.8 Å². The van der Waals surface area contributed by atoms with E-state index in [-0.39, 0.29) is 6.17 Å². The number of nitrogens with zero attached hydrogens (tertiary/aromatic N) is 3. The van der Waals surface area contributed by atoms with Gasteiger partial charge in [0.2, 0.25) is 0 Å². The van der Waals surface area contributed by atoms with Gasteiger partial charge in [0, 0.05) is 0 Å². The Bertz CT molecular complexity index is 589. The van der Waals surface area contributed by atoms with Crippen molar-refractivity contribution in [3.8, 4) is 0 Å². The van der Waals surface area contributed by atoms with Crippen LogP contribution in [0.4, 0.5) is 5.69 Å². The average molecular weight is 373 g/mol. The van der Waals surface area contributed by atoms with Gasteiger partial charge in [-0.2, -0.15) is 0 Å². The van der Waals surface area contributed by atoms with Gasteiger partial charge in [0.1, 0.15) is 6.17 Å². The van der Waals surface area contributed by atoms with Crippen molar-refractivity contribution in [3.05, 3.63) is 28.2 Å². The molecule has 2 heterocycles. The van der Waals surface area contributed by atoms with E-state index < -0.39 is 0 Å². The van der Waals surface area contributed by atoms with E-state index in [0.29, 0.717) is 15.4 Å². The maximum atomic E-state index is 6.16. The van der Waals surface area contributed by atoms with Crippen LogP contribution in [0.5, 0.6) is 0 Å². The normalized spacial score (nSPS) is 23.9. The zero-order valence-electron chi connectivity index (χ0n) is 13.4. The summed E-state index contributed by atoms with van der Waals surface area (Å²) in [5, 5.41) is 4.52. The molecule has 2 aliphatic rings. The molecule has 0 radical (unpaired) electrons. The molecule has 1 fully saturated rings. The molecule has 1 aromatic rings. The summed E-state index contributed by atoms with van der Waals surface area (Å²) in [4.78, 5) is 7.26. The number of benzene rings is 1. The lowest BCUT2D eigenvalue weighted by atomic mass is 10.1. The zero-order chi connectivity index (χ0) is 16.4. The van der Waals surface area contributed by atoms with Crippen molar-refractivity contribution in [2.45, 2.75) is 44.6 Å². The van der Waals surface area contributed by atoms with Crippen LogP contribution in [0, 0.1) is 0 Å². The van der Waals surface area contributed by atoms with Gasteiger partial charge in [0.15, 0.2) is 5.17 Å². The Morgan fingerprint density at radius 2 is 1.96 bits per heavy atom. The molecule has 0 spiro atoms. The highest BCUT2D eigenvalue weighted by atomic mass is 35.5. The molecule has 2 aliphatic heterocycles. The molecule has 0 aliphatic carbocycles. The Labute approximate surface area is 152 Å². The second-order valence-corrected chi connectivity index (χ2v) is 8.06. The molecule has 0 bridgehead atoms. The summed E-state index contributed by atoms with van der Waals surface area (Å²) in [6.07, 6.45) is 3.99. The van der Waals surface area contributed by atoms with Crippen molar-refractivity contribution in [2.24, 2.45) is 4.99 Å². The molecule has 1 saturated heterocycles. The van der Waals surface area contributed by atoms with Crippen LogP contribution in [0.2, 0.25) is 10.0 Å². The predicted molar refractivity (Wildman–Crippen MR) is 101 cm³/mol. The summed E-state index contributed by atoms with van der Waals surface area (Å²) >= 11 is 14.0. The molecule has 0 saturated carbocycles. The largest absolute Gasteiger partial charge is 0.291 e. The Morgan fingerprint density at radius 3 is 2.65 bits per heavy atom. The maximum absolute atomic E-state index is 6.16. The van der Waals surface area contributed by atoms with Crippen molar-refractivity contribution in [1.29, 1.82) is 0 Å². The summed E-state index contributed by atoms with van der Waals surface area (Å²) in [7, 11) is 0. The first-order valence-corrected chi connectivity index (χ1v) is 9.68. The Hall–Kier alpha value is -0.460. The number of hydrogen-bond donors (Lipinski definition) is 1. The molecule has 2 atom stereocenters. The Kier molecular flexibility index (Phi) is 5.75. The number of hydrogen-bond acceptors (Lipinski definition) is 5. The quantitative estimate of drug-likeness (QED) is 0.840. The third kappa shape index (κ3) is 4.15. The van der Waals surface area contributed by atoms with Crippen molar-refractivity contribution in [3.63, 3.8) is 0 Å². The van der Waals surface area contributed by atoms with Gasteiger partial charge in [-0.05, 0) is 58.0 Å². The molecular formula is C16H22Cl2N4S. The molecule has 3 rings (SSSR count). The number of anilines is 1. The van der Waals surface area contributed by atoms with Crippen molar-refractivity contribution in [2.75, 3.05) is 18.1 Å². The number of halogens is 2. The SMILES string of the molecule is CC1N=C(SC(C)N2CCCCC2)N(c2ccc(Cl)c(Cl)c2)N1. The number of aliphatic imine (C=N–C) groups is 1. The van der Waals surface area contributed by atoms with Gasteiger partial charge in [0.05, 0.1) is 21.1 Å². The van der Waals surface area contributed by atoms with Crippen molar-refractivity contribution in [1.82, 2.24) is 10.3 Å². The second kappa shape index (κ2) is 7.62. The maximum Gasteiger partial charge on any atom is 0.181 e. The number of rotatable bonds is 3. The summed E-state index contributed by atoms with van der Waals surface area (Å²) in [6.45, 7) is 6.66. The van der Waals surface area contributed by atoms with Crippen LogP contribution in [0.3, 0.4) is 0 Å². The van der Waals surface area contributed by atoms with Crippen LogP contribution >= 0.6 is 35.0 Å². The molecular weight excluding hydrogens is 351 g/mol. The Morgan fingerprint density at radius 1 is 1.22 bits per heavy atom. The molecule has 0 amide bonds.